The molecule has 0 heterocycles. The van der Waals surface area contributed by atoms with Crippen LogP contribution in [0, 0.1) is 0 Å². The van der Waals surface area contributed by atoms with Crippen molar-refractivity contribution in [1.29, 1.82) is 0 Å². The molecular weight excluding hydrogens is 342 g/mol. The quantitative estimate of drug-likeness (QED) is 0.444. The molecule has 0 aliphatic carbocycles. The fourth-order valence-electron chi connectivity index (χ4n) is 2.90. The summed E-state index contributed by atoms with van der Waals surface area (Å²) >= 11 is 0. The van der Waals surface area contributed by atoms with Gasteiger partial charge in [-0.15, -0.1) is 0 Å². The molecule has 2 unspecified atom stereocenters. The highest BCUT2D eigenvalue weighted by Gasteiger charge is 2.23. The van der Waals surface area contributed by atoms with Crippen LogP contribution in [-0.4, -0.2) is 47.4 Å². The summed E-state index contributed by atoms with van der Waals surface area (Å²) in [6.45, 7) is 5.36. The minimum absolute atomic E-state index is 0.123. The normalized spacial score (nSPS) is 13.9. The van der Waals surface area contributed by atoms with Crippen LogP contribution in [0.2, 0.25) is 0 Å². The third-order valence-electron chi connectivity index (χ3n) is 4.92. The van der Waals surface area contributed by atoms with Crippen molar-refractivity contribution >= 4 is 5.91 Å². The van der Waals surface area contributed by atoms with Crippen molar-refractivity contribution in [2.24, 2.45) is 0 Å². The smallest absolute Gasteiger partial charge is 0.253 e. The first-order valence-corrected chi connectivity index (χ1v) is 8.96. The van der Waals surface area contributed by atoms with Crippen molar-refractivity contribution in [3.8, 4) is 11.1 Å². The summed E-state index contributed by atoms with van der Waals surface area (Å²) in [6, 6.07) is 14.9. The van der Waals surface area contributed by atoms with E-state index in [9.17, 15) is 9.90 Å². The lowest BCUT2D eigenvalue weighted by Crippen LogP contribution is -2.54. The van der Waals surface area contributed by atoms with Gasteiger partial charge in [-0.25, -0.2) is 0 Å². The van der Waals surface area contributed by atoms with Crippen LogP contribution in [0.25, 0.3) is 11.1 Å². The lowest BCUT2D eigenvalue weighted by molar-refractivity contribution is 0.0493. The number of hydrogen-bond acceptors (Lipinski definition) is 5. The molecule has 0 bridgehead atoms. The van der Waals surface area contributed by atoms with Crippen LogP contribution < -0.4 is 10.8 Å². The summed E-state index contributed by atoms with van der Waals surface area (Å²) in [5.74, 6) is -0.123. The predicted octanol–water partition coefficient (Wildman–Crippen LogP) is 2.57. The van der Waals surface area contributed by atoms with Gasteiger partial charge in [0.25, 0.3) is 5.91 Å². The predicted molar refractivity (Wildman–Crippen MR) is 106 cm³/mol. The Labute approximate surface area is 160 Å². The molecule has 4 N–H and O–H groups in total. The largest absolute Gasteiger partial charge is 0.386 e. The van der Waals surface area contributed by atoms with Gasteiger partial charge in [-0.3, -0.25) is 4.79 Å². The van der Waals surface area contributed by atoms with Crippen LogP contribution in [0.3, 0.4) is 0 Å². The third kappa shape index (κ3) is 4.93. The molecule has 0 saturated carbocycles. The number of aliphatic hydroxyl groups is 1. The number of hydroxylamine groups is 1. The molecule has 6 heteroatoms. The van der Waals surface area contributed by atoms with Gasteiger partial charge < -0.3 is 20.5 Å². The van der Waals surface area contributed by atoms with E-state index in [1.165, 1.54) is 0 Å². The molecule has 0 aliphatic heterocycles. The van der Waals surface area contributed by atoms with Gasteiger partial charge >= 0.3 is 0 Å². The highest BCUT2D eigenvalue weighted by Crippen LogP contribution is 2.25. The second-order valence-corrected chi connectivity index (χ2v) is 7.27. The summed E-state index contributed by atoms with van der Waals surface area (Å²) in [4.78, 5) is 14.3. The molecular formula is C21H29N3O3. The Morgan fingerprint density at radius 2 is 1.52 bits per heavy atom. The van der Waals surface area contributed by atoms with Gasteiger partial charge in [-0.2, -0.15) is 5.48 Å². The Morgan fingerprint density at radius 1 is 1.04 bits per heavy atom. The van der Waals surface area contributed by atoms with Gasteiger partial charge in [0.15, 0.2) is 0 Å². The van der Waals surface area contributed by atoms with E-state index >= 15 is 0 Å². The van der Waals surface area contributed by atoms with Crippen LogP contribution in [0.15, 0.2) is 48.5 Å². The third-order valence-corrected chi connectivity index (χ3v) is 4.92. The lowest BCUT2D eigenvalue weighted by atomic mass is 9.95. The van der Waals surface area contributed by atoms with Gasteiger partial charge in [0, 0.05) is 12.6 Å². The highest BCUT2D eigenvalue weighted by molar-refractivity contribution is 5.94. The summed E-state index contributed by atoms with van der Waals surface area (Å²) in [5.41, 5.74) is 4.73. The first-order chi connectivity index (χ1) is 12.7. The van der Waals surface area contributed by atoms with Crippen LogP contribution in [0.1, 0.15) is 36.7 Å². The number of nitrogens with zero attached hydrogens (tertiary/aromatic N) is 1. The average molecular weight is 371 g/mol. The standard InChI is InChI=1S/C21H29N3O3/c1-14(19(22-4)23-27)24(5)20(25)17-8-6-15(7-9-17)16-10-12-18(13-11-16)21(2,3)26/h6-14,19,22-23,26-27H,1-5H3. The van der Waals surface area contributed by atoms with E-state index in [0.29, 0.717) is 5.56 Å². The maximum Gasteiger partial charge on any atom is 0.253 e. The molecule has 0 radical (unpaired) electrons. The van der Waals surface area contributed by atoms with Crippen molar-refractivity contribution < 1.29 is 15.1 Å². The number of carbonyl (C=O) groups excluding carboxylic acids is 1. The second-order valence-electron chi connectivity index (χ2n) is 7.27. The lowest BCUT2D eigenvalue weighted by Gasteiger charge is -2.31. The molecule has 2 atom stereocenters. The Morgan fingerprint density at radius 3 is 1.93 bits per heavy atom. The van der Waals surface area contributed by atoms with E-state index < -0.39 is 11.8 Å². The summed E-state index contributed by atoms with van der Waals surface area (Å²) < 4.78 is 0. The van der Waals surface area contributed by atoms with Crippen molar-refractivity contribution in [3.63, 3.8) is 0 Å². The van der Waals surface area contributed by atoms with Crippen molar-refractivity contribution in [2.45, 2.75) is 38.6 Å². The van der Waals surface area contributed by atoms with Crippen LogP contribution in [0.4, 0.5) is 0 Å². The van der Waals surface area contributed by atoms with E-state index in [2.05, 4.69) is 10.8 Å². The molecule has 2 aromatic carbocycles. The van der Waals surface area contributed by atoms with Crippen LogP contribution in [0.5, 0.6) is 0 Å². The van der Waals surface area contributed by atoms with Crippen LogP contribution >= 0.6 is 0 Å². The van der Waals surface area contributed by atoms with Crippen molar-refractivity contribution in [1.82, 2.24) is 15.7 Å². The fourth-order valence-corrected chi connectivity index (χ4v) is 2.90. The SMILES string of the molecule is CNC(NO)C(C)N(C)C(=O)c1ccc(-c2ccc(C(C)(C)O)cc2)cc1. The van der Waals surface area contributed by atoms with Gasteiger partial charge in [0.1, 0.15) is 6.17 Å². The molecule has 1 amide bonds. The van der Waals surface area contributed by atoms with E-state index in [0.717, 1.165) is 16.7 Å². The summed E-state index contributed by atoms with van der Waals surface area (Å²) in [7, 11) is 3.42. The second kappa shape index (κ2) is 8.63. The Balaban J connectivity index is 2.16. The fraction of sp³-hybridized carbons (Fsp3) is 0.381. The molecule has 0 aromatic heterocycles. The minimum Gasteiger partial charge on any atom is -0.386 e. The number of likely N-dealkylation sites (N-methyl/N-ethyl adjacent to an activating group) is 2. The highest BCUT2D eigenvalue weighted by atomic mass is 16.5. The Hall–Kier alpha value is -2.25. The maximum atomic E-state index is 12.7. The summed E-state index contributed by atoms with van der Waals surface area (Å²) in [6.07, 6.45) is -0.424. The topological polar surface area (TPSA) is 84.8 Å². The van der Waals surface area contributed by atoms with Crippen molar-refractivity contribution in [3.05, 3.63) is 59.7 Å². The van der Waals surface area contributed by atoms with Gasteiger partial charge in [-0.1, -0.05) is 36.4 Å². The zero-order valence-electron chi connectivity index (χ0n) is 16.5. The van der Waals surface area contributed by atoms with E-state index in [4.69, 9.17) is 5.21 Å². The molecule has 146 valence electrons. The molecule has 0 spiro atoms. The molecule has 6 nitrogen and oxygen atoms in total. The zero-order valence-corrected chi connectivity index (χ0v) is 16.5. The van der Waals surface area contributed by atoms with Crippen LogP contribution in [-0.2, 0) is 5.60 Å². The van der Waals surface area contributed by atoms with E-state index in [1.807, 2.05) is 43.3 Å². The summed E-state index contributed by atoms with van der Waals surface area (Å²) in [5, 5.41) is 22.1. The molecule has 0 saturated heterocycles. The Bertz CT molecular complexity index is 748. The number of rotatable bonds is 7. The first kappa shape index (κ1) is 21.1. The van der Waals surface area contributed by atoms with Gasteiger partial charge in [0.05, 0.1) is 11.6 Å². The molecule has 0 fully saturated rings. The number of hydrogen-bond donors (Lipinski definition) is 4. The number of nitrogens with one attached hydrogen (secondary N) is 2. The molecule has 2 rings (SSSR count). The van der Waals surface area contributed by atoms with Gasteiger partial charge in [0.2, 0.25) is 0 Å². The molecule has 2 aromatic rings. The van der Waals surface area contributed by atoms with E-state index in [1.54, 1.807) is 45.0 Å². The van der Waals surface area contributed by atoms with E-state index in [-0.39, 0.29) is 11.9 Å². The molecule has 27 heavy (non-hydrogen) atoms. The molecule has 0 aliphatic rings. The Kier molecular flexibility index (Phi) is 6.73. The maximum absolute atomic E-state index is 12.7. The number of carbonyl (C=O) groups is 1. The number of benzene rings is 2. The number of amides is 1. The monoisotopic (exact) mass is 371 g/mol. The zero-order chi connectivity index (χ0) is 20.2. The van der Waals surface area contributed by atoms with Gasteiger partial charge in [-0.05, 0) is 56.6 Å². The minimum atomic E-state index is -0.870. The first-order valence-electron chi connectivity index (χ1n) is 8.96. The average Bonchev–Trinajstić information content (AvgIpc) is 2.67. The van der Waals surface area contributed by atoms with Crippen molar-refractivity contribution in [2.75, 3.05) is 14.1 Å².